The summed E-state index contributed by atoms with van der Waals surface area (Å²) >= 11 is 3.40. The van der Waals surface area contributed by atoms with Gasteiger partial charge in [-0.2, -0.15) is 0 Å². The van der Waals surface area contributed by atoms with Crippen molar-refractivity contribution >= 4 is 27.1 Å². The third-order valence-electron chi connectivity index (χ3n) is 2.27. The molecule has 2 heterocycles. The van der Waals surface area contributed by atoms with Crippen molar-refractivity contribution in [1.29, 1.82) is 0 Å². The number of benzene rings is 1. The van der Waals surface area contributed by atoms with E-state index in [-0.39, 0.29) is 0 Å². The summed E-state index contributed by atoms with van der Waals surface area (Å²) in [5.74, 6) is 0.830. The molecule has 0 N–H and O–H groups in total. The second-order valence-electron chi connectivity index (χ2n) is 3.27. The van der Waals surface area contributed by atoms with Gasteiger partial charge in [0.25, 0.3) is 0 Å². The quantitative estimate of drug-likeness (QED) is 0.648. The highest BCUT2D eigenvalue weighted by Crippen LogP contribution is 2.28. The van der Waals surface area contributed by atoms with Gasteiger partial charge in [-0.05, 0) is 12.1 Å². The Balaban J connectivity index is 2.13. The highest BCUT2D eigenvalue weighted by molar-refractivity contribution is 9.10. The van der Waals surface area contributed by atoms with E-state index < -0.39 is 0 Å². The first-order valence-electron chi connectivity index (χ1n) is 4.56. The number of fused-ring (bicyclic) bond motifs is 1. The molecule has 3 rings (SSSR count). The summed E-state index contributed by atoms with van der Waals surface area (Å²) in [6.07, 6.45) is 1.62. The van der Waals surface area contributed by atoms with E-state index in [2.05, 4.69) is 15.9 Å². The van der Waals surface area contributed by atoms with Crippen LogP contribution in [0.15, 0.2) is 56.0 Å². The second-order valence-corrected chi connectivity index (χ2v) is 4.18. The van der Waals surface area contributed by atoms with Crippen molar-refractivity contribution in [1.82, 2.24) is 0 Å². The van der Waals surface area contributed by atoms with Crippen LogP contribution in [0, 0.1) is 0 Å². The van der Waals surface area contributed by atoms with Gasteiger partial charge < -0.3 is 8.83 Å². The molecule has 0 saturated carbocycles. The Labute approximate surface area is 94.6 Å². The second kappa shape index (κ2) is 3.28. The molecule has 2 nitrogen and oxygen atoms in total. The highest BCUT2D eigenvalue weighted by Gasteiger charge is 2.07. The maximum Gasteiger partial charge on any atom is 0.173 e. The fraction of sp³-hybridized carbons (Fsp3) is 0. The lowest BCUT2D eigenvalue weighted by Gasteiger charge is -1.95. The molecule has 0 aliphatic rings. The third kappa shape index (κ3) is 1.49. The van der Waals surface area contributed by atoms with Crippen LogP contribution in [0.25, 0.3) is 22.5 Å². The number of furan rings is 2. The van der Waals surface area contributed by atoms with E-state index in [1.165, 1.54) is 0 Å². The van der Waals surface area contributed by atoms with Crippen LogP contribution in [0.5, 0.6) is 0 Å². The van der Waals surface area contributed by atoms with Gasteiger partial charge in [0.15, 0.2) is 11.2 Å². The van der Waals surface area contributed by atoms with Gasteiger partial charge in [0, 0.05) is 22.2 Å². The van der Waals surface area contributed by atoms with E-state index in [0.29, 0.717) is 0 Å². The van der Waals surface area contributed by atoms with Crippen molar-refractivity contribution in [3.05, 3.63) is 47.1 Å². The molecule has 0 aliphatic carbocycles. The van der Waals surface area contributed by atoms with Gasteiger partial charge in [0.1, 0.15) is 5.76 Å². The maximum atomic E-state index is 5.62. The molecule has 0 atom stereocenters. The average molecular weight is 263 g/mol. The molecule has 3 heteroatoms. The number of halogens is 1. The summed E-state index contributed by atoms with van der Waals surface area (Å²) in [5.41, 5.74) is 2.62. The first-order valence-corrected chi connectivity index (χ1v) is 5.35. The van der Waals surface area contributed by atoms with Gasteiger partial charge in [-0.3, -0.25) is 0 Å². The predicted molar refractivity (Wildman–Crippen MR) is 61.6 cm³/mol. The largest absolute Gasteiger partial charge is 0.461 e. The Morgan fingerprint density at radius 3 is 2.47 bits per heavy atom. The molecule has 0 aliphatic heterocycles. The summed E-state index contributed by atoms with van der Waals surface area (Å²) < 4.78 is 11.9. The first kappa shape index (κ1) is 8.80. The van der Waals surface area contributed by atoms with Crippen molar-refractivity contribution in [2.75, 3.05) is 0 Å². The molecule has 0 unspecified atom stereocenters. The monoisotopic (exact) mass is 262 g/mol. The fourth-order valence-corrected chi connectivity index (χ4v) is 1.79. The van der Waals surface area contributed by atoms with Gasteiger partial charge in [-0.15, -0.1) is 0 Å². The maximum absolute atomic E-state index is 5.62. The minimum absolute atomic E-state index is 0.785. The summed E-state index contributed by atoms with van der Waals surface area (Å²) in [6, 6.07) is 11.7. The van der Waals surface area contributed by atoms with Crippen LogP contribution in [0.1, 0.15) is 0 Å². The zero-order chi connectivity index (χ0) is 10.3. The standard InChI is InChI=1S/C12H7BrO2/c13-9-3-1-8(2-4-9)11-7-12-10(15-11)5-6-14-12/h1-7H. The van der Waals surface area contributed by atoms with Crippen LogP contribution in [0.3, 0.4) is 0 Å². The van der Waals surface area contributed by atoms with Gasteiger partial charge in [0.2, 0.25) is 0 Å². The zero-order valence-corrected chi connectivity index (χ0v) is 9.32. The number of hydrogen-bond donors (Lipinski definition) is 0. The predicted octanol–water partition coefficient (Wildman–Crippen LogP) is 4.46. The molecule has 74 valence electrons. The number of rotatable bonds is 1. The van der Waals surface area contributed by atoms with Gasteiger partial charge in [-0.25, -0.2) is 0 Å². The van der Waals surface area contributed by atoms with E-state index in [0.717, 1.165) is 27.0 Å². The third-order valence-corrected chi connectivity index (χ3v) is 2.80. The molecule has 15 heavy (non-hydrogen) atoms. The smallest absolute Gasteiger partial charge is 0.173 e. The Morgan fingerprint density at radius 2 is 1.73 bits per heavy atom. The molecule has 0 fully saturated rings. The molecule has 0 saturated heterocycles. The van der Waals surface area contributed by atoms with Gasteiger partial charge in [0.05, 0.1) is 6.26 Å². The van der Waals surface area contributed by atoms with E-state index in [1.54, 1.807) is 6.26 Å². The molecule has 2 aromatic heterocycles. The van der Waals surface area contributed by atoms with Crippen molar-refractivity contribution in [2.24, 2.45) is 0 Å². The van der Waals surface area contributed by atoms with Crippen molar-refractivity contribution < 1.29 is 8.83 Å². The Kier molecular flexibility index (Phi) is 1.92. The molecular weight excluding hydrogens is 256 g/mol. The number of hydrogen-bond acceptors (Lipinski definition) is 2. The SMILES string of the molecule is Brc1ccc(-c2cc3occc3o2)cc1. The van der Waals surface area contributed by atoms with E-state index in [4.69, 9.17) is 8.83 Å². The lowest BCUT2D eigenvalue weighted by molar-refractivity contribution is 0.612. The van der Waals surface area contributed by atoms with Gasteiger partial charge >= 0.3 is 0 Å². The molecule has 0 amide bonds. The summed E-state index contributed by atoms with van der Waals surface area (Å²) in [5, 5.41) is 0. The van der Waals surface area contributed by atoms with Crippen LogP contribution >= 0.6 is 15.9 Å². The molecular formula is C12H7BrO2. The Morgan fingerprint density at radius 1 is 0.933 bits per heavy atom. The molecule has 1 aromatic carbocycles. The minimum atomic E-state index is 0.785. The average Bonchev–Trinajstić information content (AvgIpc) is 2.78. The molecule has 3 aromatic rings. The summed E-state index contributed by atoms with van der Waals surface area (Å²) in [4.78, 5) is 0. The lowest BCUT2D eigenvalue weighted by Crippen LogP contribution is -1.71. The lowest BCUT2D eigenvalue weighted by atomic mass is 10.2. The van der Waals surface area contributed by atoms with Crippen molar-refractivity contribution in [3.8, 4) is 11.3 Å². The molecule has 0 radical (unpaired) electrons. The highest BCUT2D eigenvalue weighted by atomic mass is 79.9. The fourth-order valence-electron chi connectivity index (χ4n) is 1.52. The Bertz CT molecular complexity index is 561. The minimum Gasteiger partial charge on any atom is -0.461 e. The van der Waals surface area contributed by atoms with Crippen LogP contribution in [-0.4, -0.2) is 0 Å². The topological polar surface area (TPSA) is 26.3 Å². The van der Waals surface area contributed by atoms with Crippen LogP contribution in [0.2, 0.25) is 0 Å². The van der Waals surface area contributed by atoms with Crippen molar-refractivity contribution in [3.63, 3.8) is 0 Å². The Hall–Kier alpha value is -1.48. The molecule has 0 bridgehead atoms. The van der Waals surface area contributed by atoms with Crippen LogP contribution in [0.4, 0.5) is 0 Å². The van der Waals surface area contributed by atoms with E-state index in [9.17, 15) is 0 Å². The summed E-state index contributed by atoms with van der Waals surface area (Å²) in [6.45, 7) is 0. The zero-order valence-electron chi connectivity index (χ0n) is 7.74. The van der Waals surface area contributed by atoms with E-state index >= 15 is 0 Å². The van der Waals surface area contributed by atoms with Gasteiger partial charge in [-0.1, -0.05) is 28.1 Å². The first-order chi connectivity index (χ1) is 7.33. The summed E-state index contributed by atoms with van der Waals surface area (Å²) in [7, 11) is 0. The van der Waals surface area contributed by atoms with E-state index in [1.807, 2.05) is 36.4 Å². The van der Waals surface area contributed by atoms with Crippen LogP contribution in [-0.2, 0) is 0 Å². The van der Waals surface area contributed by atoms with Crippen molar-refractivity contribution in [2.45, 2.75) is 0 Å². The normalized spacial score (nSPS) is 11.0. The molecule has 0 spiro atoms. The van der Waals surface area contributed by atoms with Crippen LogP contribution < -0.4 is 0 Å².